The molecule has 37 heavy (non-hydrogen) atoms. The molecule has 2 aromatic rings. The second kappa shape index (κ2) is 9.95. The van der Waals surface area contributed by atoms with Crippen molar-refractivity contribution in [1.29, 1.82) is 0 Å². The minimum atomic E-state index is -0.568. The van der Waals surface area contributed by atoms with Crippen LogP contribution in [0.1, 0.15) is 77.9 Å². The lowest BCUT2D eigenvalue weighted by molar-refractivity contribution is 0.0141. The van der Waals surface area contributed by atoms with Crippen molar-refractivity contribution in [1.82, 2.24) is 14.7 Å². The van der Waals surface area contributed by atoms with Gasteiger partial charge in [0.1, 0.15) is 17.1 Å². The fourth-order valence-corrected chi connectivity index (χ4v) is 4.67. The molecule has 0 bridgehead atoms. The summed E-state index contributed by atoms with van der Waals surface area (Å²) in [6.45, 7) is 11.6. The summed E-state index contributed by atoms with van der Waals surface area (Å²) < 4.78 is 5.42. The molecule has 1 fully saturated rings. The molecule has 0 unspecified atom stereocenters. The first-order valence-corrected chi connectivity index (χ1v) is 12.6. The zero-order valence-corrected chi connectivity index (χ0v) is 22.1. The Labute approximate surface area is 217 Å². The summed E-state index contributed by atoms with van der Waals surface area (Å²) >= 11 is 0. The number of fused-ring (bicyclic) bond motifs is 1. The van der Waals surface area contributed by atoms with E-state index in [9.17, 15) is 24.6 Å². The van der Waals surface area contributed by atoms with Crippen molar-refractivity contribution >= 4 is 17.9 Å². The lowest BCUT2D eigenvalue weighted by atomic mass is 9.98. The molecule has 2 heterocycles. The van der Waals surface area contributed by atoms with Crippen molar-refractivity contribution < 1.29 is 29.3 Å². The van der Waals surface area contributed by atoms with E-state index in [4.69, 9.17) is 4.74 Å². The molecule has 0 atom stereocenters. The maximum Gasteiger partial charge on any atom is 0.410 e. The van der Waals surface area contributed by atoms with Gasteiger partial charge in [-0.1, -0.05) is 19.9 Å². The van der Waals surface area contributed by atoms with Gasteiger partial charge in [0.2, 0.25) is 0 Å². The highest BCUT2D eigenvalue weighted by Crippen LogP contribution is 2.34. The second-order valence-corrected chi connectivity index (χ2v) is 11.0. The van der Waals surface area contributed by atoms with Crippen LogP contribution < -0.4 is 0 Å². The van der Waals surface area contributed by atoms with Crippen molar-refractivity contribution in [2.75, 3.05) is 26.2 Å². The number of nitrogens with zero attached hydrogens (tertiary/aromatic N) is 3. The van der Waals surface area contributed by atoms with Gasteiger partial charge < -0.3 is 29.6 Å². The van der Waals surface area contributed by atoms with Gasteiger partial charge in [-0.2, -0.15) is 0 Å². The van der Waals surface area contributed by atoms with Gasteiger partial charge in [0.05, 0.1) is 5.56 Å². The first-order valence-electron chi connectivity index (χ1n) is 12.6. The van der Waals surface area contributed by atoms with Crippen molar-refractivity contribution in [2.24, 2.45) is 0 Å². The summed E-state index contributed by atoms with van der Waals surface area (Å²) in [6, 6.07) is 8.21. The molecule has 0 radical (unpaired) electrons. The van der Waals surface area contributed by atoms with Gasteiger partial charge in [0.25, 0.3) is 11.8 Å². The van der Waals surface area contributed by atoms with Gasteiger partial charge in [-0.3, -0.25) is 9.59 Å². The zero-order valence-electron chi connectivity index (χ0n) is 22.1. The minimum Gasteiger partial charge on any atom is -0.508 e. The number of phenolic OH excluding ortho intramolecular Hbond substituents is 2. The number of hydrogen-bond donors (Lipinski definition) is 2. The number of benzene rings is 2. The number of ether oxygens (including phenoxy) is 1. The second-order valence-electron chi connectivity index (χ2n) is 11.0. The lowest BCUT2D eigenvalue weighted by Gasteiger charge is -2.35. The number of phenols is 2. The molecule has 2 aliphatic rings. The Bertz CT molecular complexity index is 1230. The number of rotatable bonds is 3. The van der Waals surface area contributed by atoms with Gasteiger partial charge in [-0.25, -0.2) is 4.79 Å². The Morgan fingerprint density at radius 3 is 2.05 bits per heavy atom. The van der Waals surface area contributed by atoms with E-state index in [1.54, 1.807) is 26.8 Å². The molecule has 0 spiro atoms. The zero-order chi connectivity index (χ0) is 27.1. The third kappa shape index (κ3) is 5.65. The van der Waals surface area contributed by atoms with Crippen LogP contribution in [0.2, 0.25) is 0 Å². The third-order valence-corrected chi connectivity index (χ3v) is 6.68. The smallest absolute Gasteiger partial charge is 0.410 e. The Balaban J connectivity index is 1.42. The van der Waals surface area contributed by atoms with Gasteiger partial charge in [0.15, 0.2) is 0 Å². The molecule has 9 nitrogen and oxygen atoms in total. The van der Waals surface area contributed by atoms with Crippen LogP contribution in [0.4, 0.5) is 4.79 Å². The Morgan fingerprint density at radius 1 is 0.811 bits per heavy atom. The number of piperazine rings is 1. The molecule has 0 saturated carbocycles. The summed E-state index contributed by atoms with van der Waals surface area (Å²) in [6.07, 6.45) is -0.373. The van der Waals surface area contributed by atoms with E-state index in [1.807, 2.05) is 46.8 Å². The average Bonchev–Trinajstić information content (AvgIpc) is 3.25. The van der Waals surface area contributed by atoms with Crippen molar-refractivity contribution in [2.45, 2.75) is 59.2 Å². The van der Waals surface area contributed by atoms with E-state index in [0.717, 1.165) is 11.1 Å². The summed E-state index contributed by atoms with van der Waals surface area (Å²) in [7, 11) is 0. The fourth-order valence-electron chi connectivity index (χ4n) is 4.67. The Morgan fingerprint density at radius 2 is 1.43 bits per heavy atom. The van der Waals surface area contributed by atoms with Gasteiger partial charge in [-0.15, -0.1) is 0 Å². The molecule has 2 aliphatic heterocycles. The maximum atomic E-state index is 13.2. The molecule has 4 rings (SSSR count). The predicted octanol–water partition coefficient (Wildman–Crippen LogP) is 4.07. The third-order valence-electron chi connectivity index (χ3n) is 6.68. The molecule has 2 N–H and O–H groups in total. The fraction of sp³-hybridized carbons (Fsp3) is 0.464. The number of carbonyl (C=O) groups is 3. The first kappa shape index (κ1) is 26.3. The quantitative estimate of drug-likeness (QED) is 0.645. The van der Waals surface area contributed by atoms with E-state index in [2.05, 4.69) is 0 Å². The molecule has 1 saturated heterocycles. The first-order chi connectivity index (χ1) is 17.3. The highest BCUT2D eigenvalue weighted by atomic mass is 16.6. The van der Waals surface area contributed by atoms with Crippen molar-refractivity contribution in [3.05, 3.63) is 58.1 Å². The molecular weight excluding hydrogens is 474 g/mol. The van der Waals surface area contributed by atoms with Crippen LogP contribution in [0, 0.1) is 0 Å². The summed E-state index contributed by atoms with van der Waals surface area (Å²) in [5.74, 6) is -0.758. The number of aromatic hydroxyl groups is 2. The molecule has 0 aliphatic carbocycles. The predicted molar refractivity (Wildman–Crippen MR) is 138 cm³/mol. The molecule has 198 valence electrons. The van der Waals surface area contributed by atoms with Crippen molar-refractivity contribution in [3.8, 4) is 11.5 Å². The standard InChI is InChI=1S/C28H35N3O6/c1-17(2)21-13-22(24(33)14-23(21)32)26(35)31-15-19-7-6-18(12-20(19)16-31)25(34)29-8-10-30(11-9-29)27(36)37-28(3,4)5/h6-7,12-14,17,32-33H,8-11,15-16H2,1-5H3. The van der Waals surface area contributed by atoms with Crippen LogP contribution in [0.15, 0.2) is 30.3 Å². The number of amides is 3. The van der Waals surface area contributed by atoms with Crippen LogP contribution in [0.5, 0.6) is 11.5 Å². The molecule has 2 aromatic carbocycles. The van der Waals surface area contributed by atoms with Crippen molar-refractivity contribution in [3.63, 3.8) is 0 Å². The van der Waals surface area contributed by atoms with Crippen LogP contribution >= 0.6 is 0 Å². The number of hydrogen-bond acceptors (Lipinski definition) is 6. The normalized spacial score (nSPS) is 15.7. The summed E-state index contributed by atoms with van der Waals surface area (Å²) in [5.41, 5.74) is 2.54. The summed E-state index contributed by atoms with van der Waals surface area (Å²) in [5, 5.41) is 20.4. The topological polar surface area (TPSA) is 111 Å². The monoisotopic (exact) mass is 509 g/mol. The van der Waals surface area contributed by atoms with E-state index in [-0.39, 0.29) is 40.9 Å². The van der Waals surface area contributed by atoms with E-state index >= 15 is 0 Å². The molecule has 0 aromatic heterocycles. The van der Waals surface area contributed by atoms with Crippen LogP contribution in [-0.2, 0) is 17.8 Å². The van der Waals surface area contributed by atoms with E-state index < -0.39 is 5.60 Å². The largest absolute Gasteiger partial charge is 0.508 e. The van der Waals surface area contributed by atoms with Crippen LogP contribution in [0.25, 0.3) is 0 Å². The van der Waals surface area contributed by atoms with Gasteiger partial charge in [-0.05, 0) is 61.6 Å². The van der Waals surface area contributed by atoms with E-state index in [1.165, 1.54) is 6.07 Å². The van der Waals surface area contributed by atoms with Gasteiger partial charge >= 0.3 is 6.09 Å². The maximum absolute atomic E-state index is 13.2. The lowest BCUT2D eigenvalue weighted by Crippen LogP contribution is -2.51. The van der Waals surface area contributed by atoms with Crippen LogP contribution in [0.3, 0.4) is 0 Å². The minimum absolute atomic E-state index is 0.0116. The Hall–Kier alpha value is -3.75. The average molecular weight is 510 g/mol. The Kier molecular flexibility index (Phi) is 7.08. The van der Waals surface area contributed by atoms with Crippen LogP contribution in [-0.4, -0.2) is 74.6 Å². The molecular formula is C28H35N3O6. The number of carbonyl (C=O) groups excluding carboxylic acids is 3. The highest BCUT2D eigenvalue weighted by Gasteiger charge is 2.30. The van der Waals surface area contributed by atoms with E-state index in [0.29, 0.717) is 50.4 Å². The molecule has 3 amide bonds. The SMILES string of the molecule is CC(C)c1cc(C(=O)N2Cc3ccc(C(=O)N4CCN(C(=O)OC(C)(C)C)CC4)cc3C2)c(O)cc1O. The van der Waals surface area contributed by atoms with Gasteiger partial charge in [0, 0.05) is 50.9 Å². The molecule has 9 heteroatoms. The highest BCUT2D eigenvalue weighted by molar-refractivity contribution is 5.98. The summed E-state index contributed by atoms with van der Waals surface area (Å²) in [4.78, 5) is 43.7.